The molecule has 1 unspecified atom stereocenters. The topological polar surface area (TPSA) is 77.8 Å². The van der Waals surface area contributed by atoms with Crippen LogP contribution in [0, 0.1) is 0 Å². The van der Waals surface area contributed by atoms with Gasteiger partial charge in [0.2, 0.25) is 5.95 Å². The Morgan fingerprint density at radius 3 is 3.00 bits per heavy atom. The van der Waals surface area contributed by atoms with Gasteiger partial charge in [0.05, 0.1) is 12.2 Å². The highest BCUT2D eigenvalue weighted by molar-refractivity contribution is 6.42. The monoisotopic (exact) mass is 299 g/mol. The van der Waals surface area contributed by atoms with Crippen molar-refractivity contribution >= 4 is 17.6 Å². The number of aromatic nitrogens is 2. The van der Waals surface area contributed by atoms with Crippen LogP contribution >= 0.6 is 0 Å². The Morgan fingerprint density at radius 2 is 2.27 bits per heavy atom. The van der Waals surface area contributed by atoms with Crippen LogP contribution in [-0.2, 0) is 5.54 Å². The van der Waals surface area contributed by atoms with E-state index in [1.165, 1.54) is 0 Å². The van der Waals surface area contributed by atoms with Gasteiger partial charge in [0.1, 0.15) is 5.54 Å². The zero-order valence-electron chi connectivity index (χ0n) is 13.3. The number of nitrogens with one attached hydrogen (secondary N) is 2. The molecule has 0 saturated carbocycles. The van der Waals surface area contributed by atoms with E-state index < -0.39 is 0 Å². The Kier molecular flexibility index (Phi) is 3.56. The normalized spacial score (nSPS) is 25.2. The van der Waals surface area contributed by atoms with Gasteiger partial charge < -0.3 is 15.5 Å². The molecule has 2 aliphatic heterocycles. The molecular formula is C15H21N7. The van der Waals surface area contributed by atoms with E-state index in [9.17, 15) is 0 Å². The van der Waals surface area contributed by atoms with Crippen LogP contribution in [0.3, 0.4) is 0 Å². The van der Waals surface area contributed by atoms with Gasteiger partial charge in [-0.15, -0.1) is 0 Å². The van der Waals surface area contributed by atoms with E-state index in [0.717, 1.165) is 17.4 Å². The number of nitrogens with zero attached hydrogens (tertiary/aromatic N) is 5. The Morgan fingerprint density at radius 1 is 1.45 bits per heavy atom. The molecule has 3 rings (SSSR count). The fraction of sp³-hybridized carbons (Fsp3) is 0.467. The molecule has 0 amide bonds. The molecule has 116 valence electrons. The van der Waals surface area contributed by atoms with Crippen LogP contribution in [-0.4, -0.2) is 46.2 Å². The Bertz CT molecular complexity index is 662. The maximum atomic E-state index is 4.69. The van der Waals surface area contributed by atoms with E-state index in [4.69, 9.17) is 4.99 Å². The number of hydrogen-bond donors (Lipinski definition) is 2. The highest BCUT2D eigenvalue weighted by atomic mass is 15.3. The second kappa shape index (κ2) is 5.40. The number of hydrogen-bond acceptors (Lipinski definition) is 6. The van der Waals surface area contributed by atoms with Gasteiger partial charge >= 0.3 is 0 Å². The van der Waals surface area contributed by atoms with Gasteiger partial charge in [-0.1, -0.05) is 0 Å². The summed E-state index contributed by atoms with van der Waals surface area (Å²) in [5.74, 6) is 2.29. The zero-order chi connectivity index (χ0) is 15.7. The highest BCUT2D eigenvalue weighted by Crippen LogP contribution is 2.34. The summed E-state index contributed by atoms with van der Waals surface area (Å²) < 4.78 is 0. The van der Waals surface area contributed by atoms with Crippen molar-refractivity contribution in [3.8, 4) is 0 Å². The maximum Gasteiger partial charge on any atom is 0.222 e. The second-order valence-corrected chi connectivity index (χ2v) is 5.83. The Balaban J connectivity index is 1.98. The fourth-order valence-corrected chi connectivity index (χ4v) is 2.63. The molecule has 2 aliphatic rings. The third-order valence-electron chi connectivity index (χ3n) is 3.77. The summed E-state index contributed by atoms with van der Waals surface area (Å²) in [7, 11) is 1.82. The van der Waals surface area contributed by atoms with Crippen LogP contribution in [0.25, 0.3) is 0 Å². The van der Waals surface area contributed by atoms with Gasteiger partial charge in [0.25, 0.3) is 0 Å². The molecule has 0 aliphatic carbocycles. The van der Waals surface area contributed by atoms with E-state index >= 15 is 0 Å². The number of amidine groups is 2. The van der Waals surface area contributed by atoms with Crippen molar-refractivity contribution in [2.45, 2.75) is 32.4 Å². The summed E-state index contributed by atoms with van der Waals surface area (Å²) in [6.45, 7) is 6.87. The third kappa shape index (κ3) is 2.32. The maximum absolute atomic E-state index is 4.69. The van der Waals surface area contributed by atoms with Gasteiger partial charge in [-0.3, -0.25) is 9.98 Å². The minimum absolute atomic E-state index is 0.209. The molecule has 7 nitrogen and oxygen atoms in total. The molecule has 0 saturated heterocycles. The van der Waals surface area contributed by atoms with Gasteiger partial charge in [-0.05, 0) is 26.8 Å². The predicted octanol–water partition coefficient (Wildman–Crippen LogP) is 1.33. The summed E-state index contributed by atoms with van der Waals surface area (Å²) in [5, 5.41) is 6.17. The molecule has 0 spiro atoms. The highest BCUT2D eigenvalue weighted by Gasteiger charge is 2.43. The molecule has 0 bridgehead atoms. The molecule has 7 heteroatoms. The zero-order valence-corrected chi connectivity index (χ0v) is 13.3. The van der Waals surface area contributed by atoms with Crippen molar-refractivity contribution in [1.29, 1.82) is 0 Å². The molecule has 3 heterocycles. The number of fused-ring (bicyclic) bond motifs is 1. The lowest BCUT2D eigenvalue weighted by Crippen LogP contribution is -2.49. The molecular weight excluding hydrogens is 278 g/mol. The molecule has 1 aromatic rings. The van der Waals surface area contributed by atoms with Crippen molar-refractivity contribution in [2.75, 3.05) is 18.9 Å². The van der Waals surface area contributed by atoms with E-state index in [1.54, 1.807) is 6.20 Å². The van der Waals surface area contributed by atoms with Crippen molar-refractivity contribution in [3.63, 3.8) is 0 Å². The smallest absolute Gasteiger partial charge is 0.222 e. The van der Waals surface area contributed by atoms with Crippen molar-refractivity contribution in [3.05, 3.63) is 30.4 Å². The standard InChI is InChI=1S/C15H21N7/c1-10(2)20-12-13-19-9-15(3,22(13)8-7-17-12)11-5-6-18-14(16-4)21-11/h5-8,10H,9H2,1-4H3,(H,17,20)(H,16,18,21). The number of aliphatic imine (C=N–C) groups is 2. The van der Waals surface area contributed by atoms with Crippen LogP contribution in [0.15, 0.2) is 34.6 Å². The van der Waals surface area contributed by atoms with E-state index in [1.807, 2.05) is 25.5 Å². The predicted molar refractivity (Wildman–Crippen MR) is 87.9 cm³/mol. The summed E-state index contributed by atoms with van der Waals surface area (Å²) in [5.41, 5.74) is 0.598. The van der Waals surface area contributed by atoms with Gasteiger partial charge in [-0.25, -0.2) is 9.97 Å². The summed E-state index contributed by atoms with van der Waals surface area (Å²) in [6, 6.07) is 2.15. The minimum atomic E-state index is -0.333. The van der Waals surface area contributed by atoms with Crippen LogP contribution in [0.2, 0.25) is 0 Å². The lowest BCUT2D eigenvalue weighted by Gasteiger charge is -2.36. The Hall–Kier alpha value is -2.44. The van der Waals surface area contributed by atoms with E-state index in [0.29, 0.717) is 12.5 Å². The third-order valence-corrected chi connectivity index (χ3v) is 3.77. The molecule has 1 aromatic heterocycles. The molecule has 0 aromatic carbocycles. The van der Waals surface area contributed by atoms with E-state index in [2.05, 4.69) is 51.3 Å². The molecule has 0 radical (unpaired) electrons. The fourth-order valence-electron chi connectivity index (χ4n) is 2.63. The molecule has 2 N–H and O–H groups in total. The van der Waals surface area contributed by atoms with Crippen molar-refractivity contribution in [2.24, 2.45) is 9.98 Å². The average Bonchev–Trinajstić information content (AvgIpc) is 2.87. The summed E-state index contributed by atoms with van der Waals surface area (Å²) in [6.07, 6.45) is 5.66. The van der Waals surface area contributed by atoms with Crippen LogP contribution < -0.4 is 10.6 Å². The van der Waals surface area contributed by atoms with E-state index in [-0.39, 0.29) is 11.6 Å². The Labute approximate surface area is 130 Å². The quantitative estimate of drug-likeness (QED) is 0.880. The number of rotatable bonds is 3. The molecule has 1 atom stereocenters. The van der Waals surface area contributed by atoms with Crippen LogP contribution in [0.1, 0.15) is 26.5 Å². The van der Waals surface area contributed by atoms with Gasteiger partial charge in [-0.2, -0.15) is 0 Å². The van der Waals surface area contributed by atoms with Crippen molar-refractivity contribution < 1.29 is 0 Å². The van der Waals surface area contributed by atoms with Crippen LogP contribution in [0.4, 0.5) is 5.95 Å². The minimum Gasteiger partial charge on any atom is -0.357 e. The average molecular weight is 299 g/mol. The number of anilines is 1. The first-order valence-electron chi connectivity index (χ1n) is 7.41. The van der Waals surface area contributed by atoms with Crippen molar-refractivity contribution in [1.82, 2.24) is 20.2 Å². The molecule has 22 heavy (non-hydrogen) atoms. The molecule has 0 fully saturated rings. The largest absolute Gasteiger partial charge is 0.357 e. The summed E-state index contributed by atoms with van der Waals surface area (Å²) >= 11 is 0. The second-order valence-electron chi connectivity index (χ2n) is 5.83. The lowest BCUT2D eigenvalue weighted by molar-refractivity contribution is 0.288. The first-order chi connectivity index (χ1) is 10.5. The SMILES string of the molecule is CNc1nccc(C2(C)CN=C3C(=NC(C)C)NC=CN32)n1. The van der Waals surface area contributed by atoms with Gasteiger partial charge in [0, 0.05) is 31.7 Å². The first kappa shape index (κ1) is 14.5. The van der Waals surface area contributed by atoms with Gasteiger partial charge in [0.15, 0.2) is 11.7 Å². The summed E-state index contributed by atoms with van der Waals surface area (Å²) in [4.78, 5) is 20.2. The van der Waals surface area contributed by atoms with Crippen LogP contribution in [0.5, 0.6) is 0 Å². The lowest BCUT2D eigenvalue weighted by atomic mass is 9.96. The first-order valence-corrected chi connectivity index (χ1v) is 7.41.